The van der Waals surface area contributed by atoms with Gasteiger partial charge in [0.25, 0.3) is 0 Å². The average molecular weight is 568 g/mol. The van der Waals surface area contributed by atoms with Crippen molar-refractivity contribution in [1.29, 1.82) is 0 Å². The van der Waals surface area contributed by atoms with E-state index in [1.807, 2.05) is 19.1 Å². The summed E-state index contributed by atoms with van der Waals surface area (Å²) < 4.78 is 15.4. The Kier molecular flexibility index (Phi) is 9.20. The molecule has 2 aromatic heterocycles. The Hall–Kier alpha value is -3.80. The molecule has 2 aromatic carbocycles. The average Bonchev–Trinajstić information content (AvgIpc) is 3.46. The Morgan fingerprint density at radius 1 is 0.905 bits per heavy atom. The number of fused-ring (bicyclic) bond motifs is 2. The van der Waals surface area contributed by atoms with E-state index < -0.39 is 11.6 Å². The number of para-hydroxylation sites is 1. The largest absolute Gasteiger partial charge is 0.493 e. The number of pyridine rings is 1. The number of cyclic esters (lactones) is 1. The predicted molar refractivity (Wildman–Crippen MR) is 171 cm³/mol. The highest BCUT2D eigenvalue weighted by Crippen LogP contribution is 2.53. The molecule has 0 saturated carbocycles. The molecular formula is C36H45N3O3. The van der Waals surface area contributed by atoms with Crippen molar-refractivity contribution in [2.45, 2.75) is 85.3 Å². The second-order valence-electron chi connectivity index (χ2n) is 11.2. The maximum atomic E-state index is 13.6. The number of nitrogens with zero attached hydrogens (tertiary/aromatic N) is 3. The van der Waals surface area contributed by atoms with E-state index in [1.165, 1.54) is 32.1 Å². The summed E-state index contributed by atoms with van der Waals surface area (Å²) in [6, 6.07) is 18.7. The van der Waals surface area contributed by atoms with Gasteiger partial charge in [-0.05, 0) is 58.4 Å². The van der Waals surface area contributed by atoms with E-state index in [1.54, 1.807) is 6.20 Å². The first-order valence-corrected chi connectivity index (χ1v) is 15.8. The molecule has 5 rings (SSSR count). The lowest BCUT2D eigenvalue weighted by molar-refractivity contribution is 0.0243. The lowest BCUT2D eigenvalue weighted by Crippen LogP contribution is -2.31. The van der Waals surface area contributed by atoms with Crippen LogP contribution in [0.1, 0.15) is 99.1 Å². The van der Waals surface area contributed by atoms with Gasteiger partial charge in [0.2, 0.25) is 0 Å². The molecule has 1 atom stereocenters. The van der Waals surface area contributed by atoms with E-state index in [4.69, 9.17) is 9.47 Å². The zero-order chi connectivity index (χ0) is 29.7. The van der Waals surface area contributed by atoms with E-state index in [-0.39, 0.29) is 0 Å². The minimum absolute atomic E-state index is 0.361. The van der Waals surface area contributed by atoms with Gasteiger partial charge in [-0.3, -0.25) is 0 Å². The maximum Gasteiger partial charge on any atom is 0.358 e. The number of carbonyl (C=O) groups is 1. The summed E-state index contributed by atoms with van der Waals surface area (Å²) in [5.74, 6) is 0.312. The first-order valence-electron chi connectivity index (χ1n) is 15.8. The van der Waals surface area contributed by atoms with Gasteiger partial charge < -0.3 is 18.9 Å². The van der Waals surface area contributed by atoms with Crippen LogP contribution in [0.5, 0.6) is 5.75 Å². The molecule has 6 heteroatoms. The molecule has 0 saturated heterocycles. The summed E-state index contributed by atoms with van der Waals surface area (Å²) in [6.45, 7) is 13.9. The molecule has 0 spiro atoms. The molecule has 1 aliphatic rings. The Morgan fingerprint density at radius 3 is 2.43 bits per heavy atom. The van der Waals surface area contributed by atoms with Crippen molar-refractivity contribution in [3.8, 4) is 5.75 Å². The van der Waals surface area contributed by atoms with Gasteiger partial charge in [0.1, 0.15) is 5.75 Å². The van der Waals surface area contributed by atoms with Crippen LogP contribution in [0.25, 0.3) is 10.9 Å². The lowest BCUT2D eigenvalue weighted by atomic mass is 9.78. The van der Waals surface area contributed by atoms with E-state index >= 15 is 0 Å². The first kappa shape index (κ1) is 29.7. The highest BCUT2D eigenvalue weighted by atomic mass is 16.6. The van der Waals surface area contributed by atoms with Crippen LogP contribution in [0.4, 0.5) is 5.69 Å². The third-order valence-corrected chi connectivity index (χ3v) is 8.72. The first-order chi connectivity index (χ1) is 20.5. The summed E-state index contributed by atoms with van der Waals surface area (Å²) in [4.78, 5) is 20.4. The number of ether oxygens (including phenoxy) is 2. The quantitative estimate of drug-likeness (QED) is 0.113. The third-order valence-electron chi connectivity index (χ3n) is 8.72. The van der Waals surface area contributed by atoms with Crippen molar-refractivity contribution in [3.05, 3.63) is 88.9 Å². The fraction of sp³-hybridized carbons (Fsp3) is 0.444. The molecule has 3 heterocycles. The van der Waals surface area contributed by atoms with Crippen LogP contribution in [0.15, 0.2) is 60.8 Å². The van der Waals surface area contributed by atoms with Crippen molar-refractivity contribution in [2.75, 3.05) is 24.6 Å². The molecule has 1 unspecified atom stereocenters. The zero-order valence-electron chi connectivity index (χ0n) is 25.9. The Bertz CT molecular complexity index is 1540. The minimum atomic E-state index is -1.19. The number of hydrogen-bond acceptors (Lipinski definition) is 5. The van der Waals surface area contributed by atoms with Gasteiger partial charge in [-0.15, -0.1) is 0 Å². The maximum absolute atomic E-state index is 13.6. The van der Waals surface area contributed by atoms with Crippen molar-refractivity contribution in [1.82, 2.24) is 9.55 Å². The normalized spacial score (nSPS) is 16.1. The van der Waals surface area contributed by atoms with Gasteiger partial charge in [0.15, 0.2) is 11.3 Å². The molecule has 4 aromatic rings. The summed E-state index contributed by atoms with van der Waals surface area (Å²) in [7, 11) is 0. The van der Waals surface area contributed by atoms with Crippen LogP contribution in [0.2, 0.25) is 0 Å². The van der Waals surface area contributed by atoms with E-state index in [9.17, 15) is 4.79 Å². The van der Waals surface area contributed by atoms with Gasteiger partial charge in [0.05, 0.1) is 6.61 Å². The van der Waals surface area contributed by atoms with E-state index in [0.29, 0.717) is 12.3 Å². The molecule has 42 heavy (non-hydrogen) atoms. The van der Waals surface area contributed by atoms with Crippen molar-refractivity contribution < 1.29 is 14.3 Å². The molecule has 0 fully saturated rings. The topological polar surface area (TPSA) is 56.6 Å². The van der Waals surface area contributed by atoms with Crippen molar-refractivity contribution >= 4 is 22.6 Å². The molecule has 222 valence electrons. The fourth-order valence-electron chi connectivity index (χ4n) is 6.69. The molecule has 1 aliphatic heterocycles. The SMILES string of the molecule is CCCCCCCCn1c(C)c(C2(c3ccc(N(CC)CC)cc3OCC)OC(=O)c3ncccc32)c2ccccc21. The summed E-state index contributed by atoms with van der Waals surface area (Å²) in [5, 5.41) is 1.08. The number of unbranched alkanes of at least 4 members (excludes halogenated alkanes) is 5. The van der Waals surface area contributed by atoms with Gasteiger partial charge in [0, 0.05) is 70.9 Å². The van der Waals surface area contributed by atoms with Crippen LogP contribution < -0.4 is 9.64 Å². The van der Waals surface area contributed by atoms with Crippen LogP contribution in [-0.4, -0.2) is 35.2 Å². The number of carbonyl (C=O) groups excluding carboxylic acids is 1. The highest BCUT2D eigenvalue weighted by molar-refractivity contribution is 5.97. The van der Waals surface area contributed by atoms with E-state index in [2.05, 4.69) is 84.6 Å². The smallest absolute Gasteiger partial charge is 0.358 e. The van der Waals surface area contributed by atoms with Gasteiger partial charge >= 0.3 is 5.97 Å². The third kappa shape index (κ3) is 5.16. The Balaban J connectivity index is 1.73. The number of benzene rings is 2. The van der Waals surface area contributed by atoms with Gasteiger partial charge in [-0.25, -0.2) is 9.78 Å². The number of esters is 1. The Morgan fingerprint density at radius 2 is 1.67 bits per heavy atom. The van der Waals surface area contributed by atoms with Gasteiger partial charge in [-0.1, -0.05) is 63.3 Å². The van der Waals surface area contributed by atoms with Gasteiger partial charge in [-0.2, -0.15) is 0 Å². The molecule has 6 nitrogen and oxygen atoms in total. The number of aromatic nitrogens is 2. The standard InChI is InChI=1S/C36H45N3O3/c1-6-10-11-12-13-16-24-39-26(5)33(28-18-14-15-20-31(28)39)36(30-19-17-23-37-34(30)35(40)42-36)29-22-21-27(38(7-2)8-3)25-32(29)41-9-4/h14-15,17-23,25H,6-13,16,24H2,1-5H3. The molecule has 0 amide bonds. The van der Waals surface area contributed by atoms with Crippen molar-refractivity contribution in [2.24, 2.45) is 0 Å². The molecular weight excluding hydrogens is 522 g/mol. The van der Waals surface area contributed by atoms with Crippen LogP contribution in [0, 0.1) is 6.92 Å². The number of rotatable bonds is 14. The summed E-state index contributed by atoms with van der Waals surface area (Å²) in [5.41, 5.74) is 5.08. The molecule has 0 aliphatic carbocycles. The second-order valence-corrected chi connectivity index (χ2v) is 11.2. The highest BCUT2D eigenvalue weighted by Gasteiger charge is 2.53. The number of aryl methyl sites for hydroxylation is 1. The van der Waals surface area contributed by atoms with Crippen LogP contribution in [-0.2, 0) is 16.9 Å². The molecule has 0 N–H and O–H groups in total. The van der Waals surface area contributed by atoms with Crippen LogP contribution >= 0.6 is 0 Å². The lowest BCUT2D eigenvalue weighted by Gasteiger charge is -2.33. The second kappa shape index (κ2) is 13.0. The summed E-state index contributed by atoms with van der Waals surface area (Å²) in [6.07, 6.45) is 9.08. The monoisotopic (exact) mass is 567 g/mol. The predicted octanol–water partition coefficient (Wildman–Crippen LogP) is 8.41. The van der Waals surface area contributed by atoms with Crippen molar-refractivity contribution in [3.63, 3.8) is 0 Å². The fourth-order valence-corrected chi connectivity index (χ4v) is 6.69. The zero-order valence-corrected chi connectivity index (χ0v) is 25.9. The Labute approximate surface area is 250 Å². The van der Waals surface area contributed by atoms with Crippen LogP contribution in [0.3, 0.4) is 0 Å². The van der Waals surface area contributed by atoms with E-state index in [0.717, 1.165) is 70.8 Å². The molecule has 0 radical (unpaired) electrons. The number of hydrogen-bond donors (Lipinski definition) is 0. The summed E-state index contributed by atoms with van der Waals surface area (Å²) >= 11 is 0. The minimum Gasteiger partial charge on any atom is -0.493 e. The molecule has 0 bridgehead atoms. The number of anilines is 1.